The fourth-order valence-electron chi connectivity index (χ4n) is 2.50. The first-order valence-electron chi connectivity index (χ1n) is 8.60. The molecule has 0 spiro atoms. The molecule has 0 atom stereocenters. The van der Waals surface area contributed by atoms with Crippen LogP contribution in [-0.4, -0.2) is 21.1 Å². The van der Waals surface area contributed by atoms with Gasteiger partial charge in [-0.05, 0) is 42.0 Å². The number of nitrogens with zero attached hydrogens (tertiary/aromatic N) is 3. The summed E-state index contributed by atoms with van der Waals surface area (Å²) >= 11 is 1.44. The van der Waals surface area contributed by atoms with Gasteiger partial charge in [0.05, 0.1) is 5.56 Å². The van der Waals surface area contributed by atoms with Crippen LogP contribution >= 0.6 is 11.8 Å². The van der Waals surface area contributed by atoms with E-state index < -0.39 is 0 Å². The summed E-state index contributed by atoms with van der Waals surface area (Å²) in [5, 5.41) is 11.5. The SMILES string of the molecule is O=C(Nc1ccccc1)c1ccc(CSc2nnc(-c3cccnc3)o2)cc1. The van der Waals surface area contributed by atoms with Crippen molar-refractivity contribution in [2.75, 3.05) is 5.32 Å². The summed E-state index contributed by atoms with van der Waals surface area (Å²) in [6, 6.07) is 20.5. The van der Waals surface area contributed by atoms with Crippen molar-refractivity contribution in [3.05, 3.63) is 90.3 Å². The Balaban J connectivity index is 1.35. The molecule has 0 aliphatic rings. The maximum atomic E-state index is 12.3. The molecule has 0 saturated carbocycles. The van der Waals surface area contributed by atoms with Crippen LogP contribution in [0.1, 0.15) is 15.9 Å². The maximum Gasteiger partial charge on any atom is 0.277 e. The van der Waals surface area contributed by atoms with Crippen molar-refractivity contribution in [1.29, 1.82) is 0 Å². The number of nitrogens with one attached hydrogen (secondary N) is 1. The third-order valence-electron chi connectivity index (χ3n) is 3.93. The van der Waals surface area contributed by atoms with Crippen molar-refractivity contribution in [3.8, 4) is 11.5 Å². The summed E-state index contributed by atoms with van der Waals surface area (Å²) in [6.07, 6.45) is 3.38. The monoisotopic (exact) mass is 388 g/mol. The van der Waals surface area contributed by atoms with Gasteiger partial charge in [0.25, 0.3) is 11.1 Å². The van der Waals surface area contributed by atoms with E-state index in [0.717, 1.165) is 16.8 Å². The number of aromatic nitrogens is 3. The van der Waals surface area contributed by atoms with Gasteiger partial charge in [-0.3, -0.25) is 9.78 Å². The molecule has 0 bridgehead atoms. The van der Waals surface area contributed by atoms with Crippen LogP contribution in [0.25, 0.3) is 11.5 Å². The molecule has 6 nitrogen and oxygen atoms in total. The van der Waals surface area contributed by atoms with Crippen molar-refractivity contribution < 1.29 is 9.21 Å². The molecular formula is C21H16N4O2S. The zero-order chi connectivity index (χ0) is 19.2. The number of carbonyl (C=O) groups excluding carboxylic acids is 1. The Hall–Kier alpha value is -3.45. The van der Waals surface area contributed by atoms with Gasteiger partial charge in [0.1, 0.15) is 0 Å². The minimum absolute atomic E-state index is 0.136. The average molecular weight is 388 g/mol. The van der Waals surface area contributed by atoms with E-state index in [0.29, 0.717) is 22.4 Å². The van der Waals surface area contributed by atoms with Crippen LogP contribution in [0, 0.1) is 0 Å². The standard InChI is InChI=1S/C21H16N4O2S/c26-19(23-18-6-2-1-3-7-18)16-10-8-15(9-11-16)14-28-21-25-24-20(27-21)17-5-4-12-22-13-17/h1-13H,14H2,(H,23,26). The lowest BCUT2D eigenvalue weighted by atomic mass is 10.1. The molecule has 2 heterocycles. The zero-order valence-corrected chi connectivity index (χ0v) is 15.6. The largest absolute Gasteiger partial charge is 0.411 e. The molecule has 0 radical (unpaired) electrons. The Kier molecular flexibility index (Phi) is 5.44. The van der Waals surface area contributed by atoms with Gasteiger partial charge in [0.2, 0.25) is 5.89 Å². The Morgan fingerprint density at radius 2 is 1.79 bits per heavy atom. The number of benzene rings is 2. The van der Waals surface area contributed by atoms with E-state index >= 15 is 0 Å². The van der Waals surface area contributed by atoms with Gasteiger partial charge in [-0.1, -0.05) is 42.1 Å². The van der Waals surface area contributed by atoms with Gasteiger partial charge in [-0.25, -0.2) is 0 Å². The van der Waals surface area contributed by atoms with Crippen molar-refractivity contribution in [2.24, 2.45) is 0 Å². The molecule has 0 saturated heterocycles. The highest BCUT2D eigenvalue weighted by Crippen LogP contribution is 2.25. The number of carbonyl (C=O) groups is 1. The van der Waals surface area contributed by atoms with Crippen LogP contribution in [0.3, 0.4) is 0 Å². The number of hydrogen-bond donors (Lipinski definition) is 1. The molecule has 7 heteroatoms. The van der Waals surface area contributed by atoms with E-state index in [1.54, 1.807) is 12.4 Å². The Morgan fingerprint density at radius 1 is 0.964 bits per heavy atom. The van der Waals surface area contributed by atoms with E-state index in [2.05, 4.69) is 20.5 Å². The van der Waals surface area contributed by atoms with Crippen LogP contribution in [0.5, 0.6) is 0 Å². The molecule has 0 aliphatic carbocycles. The second kappa shape index (κ2) is 8.49. The van der Waals surface area contributed by atoms with Gasteiger partial charge in [-0.2, -0.15) is 0 Å². The zero-order valence-electron chi connectivity index (χ0n) is 14.8. The predicted octanol–water partition coefficient (Wildman–Crippen LogP) is 4.68. The first-order valence-corrected chi connectivity index (χ1v) is 9.58. The molecule has 28 heavy (non-hydrogen) atoms. The fourth-order valence-corrected chi connectivity index (χ4v) is 3.22. The molecule has 4 rings (SSSR count). The Bertz CT molecular complexity index is 1050. The number of thioether (sulfide) groups is 1. The van der Waals surface area contributed by atoms with Gasteiger partial charge in [0.15, 0.2) is 0 Å². The number of pyridine rings is 1. The summed E-state index contributed by atoms with van der Waals surface area (Å²) in [5.74, 6) is 0.974. The summed E-state index contributed by atoms with van der Waals surface area (Å²) < 4.78 is 5.66. The average Bonchev–Trinajstić information content (AvgIpc) is 3.23. The second-order valence-corrected chi connectivity index (χ2v) is 6.85. The van der Waals surface area contributed by atoms with E-state index in [1.807, 2.05) is 66.7 Å². The first kappa shape index (κ1) is 17.9. The molecule has 0 fully saturated rings. The topological polar surface area (TPSA) is 80.9 Å². The molecule has 4 aromatic rings. The number of amides is 1. The van der Waals surface area contributed by atoms with Gasteiger partial charge in [-0.15, -0.1) is 10.2 Å². The minimum Gasteiger partial charge on any atom is -0.411 e. The molecule has 2 aromatic carbocycles. The van der Waals surface area contributed by atoms with Crippen molar-refractivity contribution in [1.82, 2.24) is 15.2 Å². The third kappa shape index (κ3) is 4.44. The van der Waals surface area contributed by atoms with E-state index in [4.69, 9.17) is 4.42 Å². The van der Waals surface area contributed by atoms with Crippen LogP contribution in [-0.2, 0) is 5.75 Å². The third-order valence-corrected chi connectivity index (χ3v) is 4.81. The minimum atomic E-state index is -0.136. The summed E-state index contributed by atoms with van der Waals surface area (Å²) in [5.41, 5.74) is 3.22. The Morgan fingerprint density at radius 3 is 2.54 bits per heavy atom. The van der Waals surface area contributed by atoms with Crippen molar-refractivity contribution in [3.63, 3.8) is 0 Å². The number of anilines is 1. The van der Waals surface area contributed by atoms with E-state index in [-0.39, 0.29) is 5.91 Å². The fraction of sp³-hybridized carbons (Fsp3) is 0.0476. The van der Waals surface area contributed by atoms with Crippen molar-refractivity contribution in [2.45, 2.75) is 11.0 Å². The van der Waals surface area contributed by atoms with Crippen LogP contribution < -0.4 is 5.32 Å². The van der Waals surface area contributed by atoms with Gasteiger partial charge < -0.3 is 9.73 Å². The van der Waals surface area contributed by atoms with Crippen LogP contribution in [0.4, 0.5) is 5.69 Å². The van der Waals surface area contributed by atoms with E-state index in [9.17, 15) is 4.79 Å². The molecular weight excluding hydrogens is 372 g/mol. The molecule has 0 aliphatic heterocycles. The van der Waals surface area contributed by atoms with Crippen LogP contribution in [0.15, 0.2) is 88.8 Å². The normalized spacial score (nSPS) is 10.6. The number of para-hydroxylation sites is 1. The highest BCUT2D eigenvalue weighted by molar-refractivity contribution is 7.98. The van der Waals surface area contributed by atoms with Crippen LogP contribution in [0.2, 0.25) is 0 Å². The summed E-state index contributed by atoms with van der Waals surface area (Å²) in [6.45, 7) is 0. The summed E-state index contributed by atoms with van der Waals surface area (Å²) in [4.78, 5) is 16.3. The lowest BCUT2D eigenvalue weighted by Gasteiger charge is -2.05. The molecule has 2 aromatic heterocycles. The van der Waals surface area contributed by atoms with E-state index in [1.165, 1.54) is 11.8 Å². The van der Waals surface area contributed by atoms with Crippen molar-refractivity contribution >= 4 is 23.4 Å². The smallest absolute Gasteiger partial charge is 0.277 e. The number of hydrogen-bond acceptors (Lipinski definition) is 6. The Labute approximate surface area is 166 Å². The first-order chi connectivity index (χ1) is 13.8. The lowest BCUT2D eigenvalue weighted by molar-refractivity contribution is 0.102. The maximum absolute atomic E-state index is 12.3. The second-order valence-electron chi connectivity index (χ2n) is 5.92. The molecule has 1 amide bonds. The highest BCUT2D eigenvalue weighted by Gasteiger charge is 2.10. The summed E-state index contributed by atoms with van der Waals surface area (Å²) in [7, 11) is 0. The quantitative estimate of drug-likeness (QED) is 0.483. The lowest BCUT2D eigenvalue weighted by Crippen LogP contribution is -2.11. The molecule has 138 valence electrons. The number of rotatable bonds is 6. The molecule has 0 unspecified atom stereocenters. The van der Waals surface area contributed by atoms with Gasteiger partial charge in [0, 0.05) is 29.4 Å². The van der Waals surface area contributed by atoms with Gasteiger partial charge >= 0.3 is 0 Å². The highest BCUT2D eigenvalue weighted by atomic mass is 32.2. The predicted molar refractivity (Wildman–Crippen MR) is 108 cm³/mol. The molecule has 1 N–H and O–H groups in total.